The molecular weight excluding hydrogens is 168 g/mol. The number of pyridine rings is 1. The summed E-state index contributed by atoms with van der Waals surface area (Å²) in [6.07, 6.45) is 2.79. The van der Waals surface area contributed by atoms with Crippen LogP contribution in [0.2, 0.25) is 0 Å². The summed E-state index contributed by atoms with van der Waals surface area (Å²) in [6, 6.07) is 3.01. The number of aromatic nitrogens is 1. The molecule has 1 unspecified atom stereocenters. The summed E-state index contributed by atoms with van der Waals surface area (Å²) >= 11 is 0. The minimum Gasteiger partial charge on any atom is -0.391 e. The summed E-state index contributed by atoms with van der Waals surface area (Å²) in [5, 5.41) is 9.36. The van der Waals surface area contributed by atoms with Crippen LogP contribution < -0.4 is 11.3 Å². The third kappa shape index (κ3) is 1.23. The van der Waals surface area contributed by atoms with E-state index in [1.54, 1.807) is 12.3 Å². The van der Waals surface area contributed by atoms with Crippen LogP contribution in [-0.4, -0.2) is 15.8 Å². The minimum absolute atomic E-state index is 0.0124. The van der Waals surface area contributed by atoms with Gasteiger partial charge in [-0.25, -0.2) is 0 Å². The number of nitrogens with one attached hydrogen (secondary N) is 1. The van der Waals surface area contributed by atoms with Gasteiger partial charge in [-0.15, -0.1) is 0 Å². The average Bonchev–Trinajstić information content (AvgIpc) is 2.10. The second kappa shape index (κ2) is 2.88. The van der Waals surface area contributed by atoms with Crippen molar-refractivity contribution in [2.24, 2.45) is 0 Å². The quantitative estimate of drug-likeness (QED) is 0.680. The van der Waals surface area contributed by atoms with E-state index in [-0.39, 0.29) is 17.3 Å². The molecule has 2 rings (SSSR count). The van der Waals surface area contributed by atoms with Gasteiger partial charge < -0.3 is 9.67 Å². The fraction of sp³-hybridized carbons (Fsp3) is 0.444. The highest BCUT2D eigenvalue weighted by molar-refractivity contribution is 5.29. The van der Waals surface area contributed by atoms with Crippen molar-refractivity contribution in [3.63, 3.8) is 0 Å². The van der Waals surface area contributed by atoms with Crippen molar-refractivity contribution >= 4 is 5.69 Å². The summed E-state index contributed by atoms with van der Waals surface area (Å²) < 4.78 is 1.45. The number of hydrogen-bond acceptors (Lipinski definition) is 2. The number of rotatable bonds is 1. The number of aliphatic hydroxyl groups is 1. The topological polar surface area (TPSA) is 66.0 Å². The smallest absolute Gasteiger partial charge is 0.276 e. The van der Waals surface area contributed by atoms with Crippen molar-refractivity contribution in [1.82, 2.24) is 10.3 Å². The number of nitrogens with zero attached hydrogens (tertiary/aromatic N) is 1. The van der Waals surface area contributed by atoms with Crippen LogP contribution in [0.25, 0.3) is 0 Å². The maximum atomic E-state index is 11.4. The summed E-state index contributed by atoms with van der Waals surface area (Å²) in [7, 11) is 0. The van der Waals surface area contributed by atoms with Gasteiger partial charge in [-0.1, -0.05) is 0 Å². The predicted octanol–water partition coefficient (Wildman–Crippen LogP) is 0.458. The Balaban J connectivity index is 2.40. The molecule has 1 radical (unpaired) electrons. The maximum absolute atomic E-state index is 11.4. The Bertz CT molecular complexity index is 372. The Hall–Kier alpha value is -1.29. The molecule has 4 nitrogen and oxygen atoms in total. The van der Waals surface area contributed by atoms with Gasteiger partial charge in [0.1, 0.15) is 5.69 Å². The van der Waals surface area contributed by atoms with Gasteiger partial charge >= 0.3 is 0 Å². The first-order valence-corrected chi connectivity index (χ1v) is 4.31. The largest absolute Gasteiger partial charge is 0.391 e. The van der Waals surface area contributed by atoms with Crippen molar-refractivity contribution in [2.45, 2.75) is 25.0 Å². The lowest BCUT2D eigenvalue weighted by Gasteiger charge is -2.33. The first-order chi connectivity index (χ1) is 6.20. The van der Waals surface area contributed by atoms with E-state index in [1.165, 1.54) is 10.6 Å². The molecule has 4 heteroatoms. The first-order valence-electron chi connectivity index (χ1n) is 4.31. The summed E-state index contributed by atoms with van der Waals surface area (Å²) in [5.74, 6) is 0. The zero-order valence-corrected chi connectivity index (χ0v) is 7.10. The van der Waals surface area contributed by atoms with Crippen molar-refractivity contribution in [3.05, 3.63) is 28.7 Å². The van der Waals surface area contributed by atoms with Gasteiger partial charge in [0, 0.05) is 6.20 Å². The Kier molecular flexibility index (Phi) is 1.84. The molecule has 0 spiro atoms. The van der Waals surface area contributed by atoms with Crippen molar-refractivity contribution in [2.75, 3.05) is 0 Å². The molecule has 0 amide bonds. The Morgan fingerprint density at radius 1 is 1.54 bits per heavy atom. The average molecular weight is 179 g/mol. The molecule has 13 heavy (non-hydrogen) atoms. The molecule has 1 aromatic heterocycles. The van der Waals surface area contributed by atoms with E-state index in [4.69, 9.17) is 5.73 Å². The third-order valence-electron chi connectivity index (χ3n) is 2.53. The van der Waals surface area contributed by atoms with E-state index in [1.807, 2.05) is 0 Å². The molecule has 2 atom stereocenters. The van der Waals surface area contributed by atoms with Crippen molar-refractivity contribution in [3.8, 4) is 0 Å². The number of aliphatic hydroxyl groups excluding tert-OH is 1. The van der Waals surface area contributed by atoms with Gasteiger partial charge in [0.05, 0.1) is 12.1 Å². The van der Waals surface area contributed by atoms with Crippen molar-refractivity contribution in [1.29, 1.82) is 0 Å². The van der Waals surface area contributed by atoms with Crippen LogP contribution in [-0.2, 0) is 0 Å². The second-order valence-corrected chi connectivity index (χ2v) is 3.35. The van der Waals surface area contributed by atoms with Crippen LogP contribution in [0.3, 0.4) is 0 Å². The van der Waals surface area contributed by atoms with E-state index in [0.717, 1.165) is 12.8 Å². The lowest BCUT2D eigenvalue weighted by Crippen LogP contribution is -2.39. The highest BCUT2D eigenvalue weighted by Crippen LogP contribution is 2.30. The molecule has 1 saturated carbocycles. The van der Waals surface area contributed by atoms with Crippen LogP contribution in [0.4, 0.5) is 5.69 Å². The van der Waals surface area contributed by atoms with Crippen LogP contribution >= 0.6 is 0 Å². The number of hydrogen-bond donors (Lipinski definition) is 1. The molecule has 1 fully saturated rings. The van der Waals surface area contributed by atoms with Crippen LogP contribution in [0.1, 0.15) is 18.9 Å². The van der Waals surface area contributed by atoms with Crippen LogP contribution in [0.5, 0.6) is 0 Å². The fourth-order valence-electron chi connectivity index (χ4n) is 1.56. The zero-order chi connectivity index (χ0) is 9.42. The molecule has 0 bridgehead atoms. The minimum atomic E-state index is -0.417. The fourth-order valence-corrected chi connectivity index (χ4v) is 1.56. The Morgan fingerprint density at radius 3 is 2.85 bits per heavy atom. The van der Waals surface area contributed by atoms with E-state index in [0.29, 0.717) is 0 Å². The first kappa shape index (κ1) is 8.31. The SMILES string of the molecule is [NH]c1cccn(C2CC[C@@H]2O)c1=O. The standard InChI is InChI=1S/C9H11N2O2/c10-6-2-1-5-11(9(6)13)7-3-4-8(7)12/h1-2,5,7-8,10,12H,3-4H2/t7?,8-/m0/s1. The van der Waals surface area contributed by atoms with E-state index in [9.17, 15) is 9.90 Å². The van der Waals surface area contributed by atoms with Gasteiger partial charge in [0.15, 0.2) is 0 Å². The maximum Gasteiger partial charge on any atom is 0.276 e. The Morgan fingerprint density at radius 2 is 2.31 bits per heavy atom. The van der Waals surface area contributed by atoms with Gasteiger partial charge in [-0.2, -0.15) is 0 Å². The molecule has 1 heterocycles. The molecule has 69 valence electrons. The second-order valence-electron chi connectivity index (χ2n) is 3.35. The van der Waals surface area contributed by atoms with Gasteiger partial charge in [0.25, 0.3) is 5.56 Å². The molecule has 0 saturated heterocycles. The van der Waals surface area contributed by atoms with Gasteiger partial charge in [-0.05, 0) is 25.0 Å². The van der Waals surface area contributed by atoms with E-state index in [2.05, 4.69) is 0 Å². The predicted molar refractivity (Wildman–Crippen MR) is 47.7 cm³/mol. The molecule has 1 aliphatic carbocycles. The lowest BCUT2D eigenvalue weighted by atomic mass is 9.89. The van der Waals surface area contributed by atoms with Gasteiger partial charge in [-0.3, -0.25) is 10.5 Å². The third-order valence-corrected chi connectivity index (χ3v) is 2.53. The summed E-state index contributed by atoms with van der Waals surface area (Å²) in [5.41, 5.74) is 6.98. The highest BCUT2D eigenvalue weighted by atomic mass is 16.3. The molecule has 1 aliphatic rings. The van der Waals surface area contributed by atoms with Crippen LogP contribution in [0, 0.1) is 0 Å². The van der Waals surface area contributed by atoms with E-state index >= 15 is 0 Å². The zero-order valence-electron chi connectivity index (χ0n) is 7.10. The molecule has 0 aliphatic heterocycles. The van der Waals surface area contributed by atoms with E-state index < -0.39 is 6.10 Å². The van der Waals surface area contributed by atoms with Crippen LogP contribution in [0.15, 0.2) is 23.1 Å². The Labute approximate surface area is 75.6 Å². The van der Waals surface area contributed by atoms with Crippen molar-refractivity contribution < 1.29 is 5.11 Å². The normalized spacial score (nSPS) is 26.8. The van der Waals surface area contributed by atoms with Gasteiger partial charge in [0.2, 0.25) is 0 Å². The molecule has 1 aromatic rings. The summed E-state index contributed by atoms with van der Waals surface area (Å²) in [6.45, 7) is 0. The molecule has 2 N–H and O–H groups in total. The lowest BCUT2D eigenvalue weighted by molar-refractivity contribution is 0.0299. The molecular formula is C9H11N2O2. The highest BCUT2D eigenvalue weighted by Gasteiger charge is 2.30. The summed E-state index contributed by atoms with van der Waals surface area (Å²) in [4.78, 5) is 11.4. The monoisotopic (exact) mass is 179 g/mol. The molecule has 0 aromatic carbocycles.